The van der Waals surface area contributed by atoms with Crippen molar-refractivity contribution in [3.05, 3.63) is 23.8 Å². The molecule has 1 rings (SSSR count). The normalized spacial score (nSPS) is 10.3. The number of unbranched alkanes of at least 4 members (excludes halogenated alkanes) is 2. The van der Waals surface area contributed by atoms with Crippen LogP contribution in [-0.4, -0.2) is 13.6 Å². The molecule has 2 heteroatoms. The monoisotopic (exact) mass is 206 g/mol. The highest BCUT2D eigenvalue weighted by Crippen LogP contribution is 2.20. The van der Waals surface area contributed by atoms with Crippen molar-refractivity contribution in [2.75, 3.05) is 24.2 Å². The van der Waals surface area contributed by atoms with Crippen LogP contribution < -0.4 is 10.6 Å². The molecule has 15 heavy (non-hydrogen) atoms. The predicted octanol–water partition coefficient (Wildman–Crippen LogP) is 3.20. The predicted molar refractivity (Wildman–Crippen MR) is 68.4 cm³/mol. The number of nitrogens with zero attached hydrogens (tertiary/aromatic N) is 1. The summed E-state index contributed by atoms with van der Waals surface area (Å²) in [4.78, 5) is 2.27. The number of nitrogens with two attached hydrogens (primary N) is 1. The Bertz CT molecular complexity index is 307. The van der Waals surface area contributed by atoms with Crippen molar-refractivity contribution in [3.63, 3.8) is 0 Å². The van der Waals surface area contributed by atoms with Gasteiger partial charge in [-0.3, -0.25) is 0 Å². The fraction of sp³-hybridized carbons (Fsp3) is 0.538. The number of aryl methyl sites for hydroxylation is 1. The van der Waals surface area contributed by atoms with Gasteiger partial charge in [0.05, 0.1) is 0 Å². The highest BCUT2D eigenvalue weighted by molar-refractivity contribution is 5.59. The minimum Gasteiger partial charge on any atom is -0.398 e. The van der Waals surface area contributed by atoms with Crippen molar-refractivity contribution in [2.24, 2.45) is 0 Å². The first-order valence-electron chi connectivity index (χ1n) is 5.72. The van der Waals surface area contributed by atoms with E-state index in [1.54, 1.807) is 0 Å². The molecule has 0 heterocycles. The van der Waals surface area contributed by atoms with Gasteiger partial charge in [0.2, 0.25) is 0 Å². The molecular weight excluding hydrogens is 184 g/mol. The third-order valence-corrected chi connectivity index (χ3v) is 2.80. The molecule has 0 aliphatic rings. The molecule has 1 aromatic carbocycles. The molecule has 1 aromatic rings. The maximum Gasteiger partial charge on any atom is 0.0384 e. The smallest absolute Gasteiger partial charge is 0.0384 e. The number of benzene rings is 1. The van der Waals surface area contributed by atoms with Crippen LogP contribution in [0, 0.1) is 6.92 Å². The second-order valence-corrected chi connectivity index (χ2v) is 4.17. The van der Waals surface area contributed by atoms with Gasteiger partial charge in [0, 0.05) is 25.0 Å². The standard InChI is InChI=1S/C13H22N2/c1-4-5-6-9-15(3)12-8-7-11(2)13(14)10-12/h7-8,10H,4-6,9,14H2,1-3H3. The summed E-state index contributed by atoms with van der Waals surface area (Å²) in [5.41, 5.74) is 9.14. The van der Waals surface area contributed by atoms with E-state index in [1.807, 2.05) is 6.92 Å². The maximum absolute atomic E-state index is 5.89. The van der Waals surface area contributed by atoms with Gasteiger partial charge in [0.15, 0.2) is 0 Å². The molecular formula is C13H22N2. The Kier molecular flexibility index (Phi) is 4.47. The molecule has 0 unspecified atom stereocenters. The van der Waals surface area contributed by atoms with Crippen molar-refractivity contribution in [1.29, 1.82) is 0 Å². The van der Waals surface area contributed by atoms with Gasteiger partial charge in [0.25, 0.3) is 0 Å². The van der Waals surface area contributed by atoms with Crippen molar-refractivity contribution in [3.8, 4) is 0 Å². The molecule has 0 radical (unpaired) electrons. The molecule has 0 saturated carbocycles. The van der Waals surface area contributed by atoms with E-state index >= 15 is 0 Å². The maximum atomic E-state index is 5.89. The number of hydrogen-bond donors (Lipinski definition) is 1. The molecule has 0 saturated heterocycles. The molecule has 0 aromatic heterocycles. The summed E-state index contributed by atoms with van der Waals surface area (Å²) in [5, 5.41) is 0. The number of rotatable bonds is 5. The van der Waals surface area contributed by atoms with Crippen molar-refractivity contribution in [1.82, 2.24) is 0 Å². The van der Waals surface area contributed by atoms with E-state index in [2.05, 4.69) is 37.1 Å². The minimum absolute atomic E-state index is 0.884. The van der Waals surface area contributed by atoms with Crippen LogP contribution in [0.4, 0.5) is 11.4 Å². The van der Waals surface area contributed by atoms with E-state index < -0.39 is 0 Å². The molecule has 84 valence electrons. The van der Waals surface area contributed by atoms with E-state index in [-0.39, 0.29) is 0 Å². The lowest BCUT2D eigenvalue weighted by atomic mass is 10.1. The Balaban J connectivity index is 2.57. The highest BCUT2D eigenvalue weighted by Gasteiger charge is 2.01. The Hall–Kier alpha value is -1.18. The average molecular weight is 206 g/mol. The molecule has 0 atom stereocenters. The zero-order chi connectivity index (χ0) is 11.3. The Morgan fingerprint density at radius 1 is 1.27 bits per heavy atom. The Morgan fingerprint density at radius 3 is 2.60 bits per heavy atom. The van der Waals surface area contributed by atoms with Gasteiger partial charge >= 0.3 is 0 Å². The summed E-state index contributed by atoms with van der Waals surface area (Å²) < 4.78 is 0. The van der Waals surface area contributed by atoms with Crippen LogP contribution in [-0.2, 0) is 0 Å². The second kappa shape index (κ2) is 5.64. The fourth-order valence-corrected chi connectivity index (χ4v) is 1.59. The van der Waals surface area contributed by atoms with Crippen LogP contribution in [0.1, 0.15) is 31.7 Å². The van der Waals surface area contributed by atoms with Gasteiger partial charge in [-0.05, 0) is 31.0 Å². The van der Waals surface area contributed by atoms with Crippen molar-refractivity contribution in [2.45, 2.75) is 33.1 Å². The van der Waals surface area contributed by atoms with Crippen molar-refractivity contribution < 1.29 is 0 Å². The van der Waals surface area contributed by atoms with Crippen LogP contribution in [0.3, 0.4) is 0 Å². The van der Waals surface area contributed by atoms with Crippen LogP contribution in [0.15, 0.2) is 18.2 Å². The largest absolute Gasteiger partial charge is 0.398 e. The Morgan fingerprint density at radius 2 is 2.00 bits per heavy atom. The summed E-state index contributed by atoms with van der Waals surface area (Å²) in [6.07, 6.45) is 3.82. The fourth-order valence-electron chi connectivity index (χ4n) is 1.59. The molecule has 0 aliphatic heterocycles. The molecule has 0 amide bonds. The zero-order valence-electron chi connectivity index (χ0n) is 10.1. The van der Waals surface area contributed by atoms with E-state index in [1.165, 1.54) is 24.9 Å². The lowest BCUT2D eigenvalue weighted by Gasteiger charge is -2.20. The summed E-state index contributed by atoms with van der Waals surface area (Å²) in [5.74, 6) is 0. The first-order valence-corrected chi connectivity index (χ1v) is 5.72. The van der Waals surface area contributed by atoms with Gasteiger partial charge in [-0.1, -0.05) is 25.8 Å². The average Bonchev–Trinajstić information content (AvgIpc) is 2.22. The van der Waals surface area contributed by atoms with Gasteiger partial charge in [-0.25, -0.2) is 0 Å². The zero-order valence-corrected chi connectivity index (χ0v) is 10.1. The van der Waals surface area contributed by atoms with Gasteiger partial charge in [-0.15, -0.1) is 0 Å². The second-order valence-electron chi connectivity index (χ2n) is 4.17. The van der Waals surface area contributed by atoms with Crippen LogP contribution in [0.25, 0.3) is 0 Å². The molecule has 2 N–H and O–H groups in total. The first-order chi connectivity index (χ1) is 7.15. The minimum atomic E-state index is 0.884. The van der Waals surface area contributed by atoms with Crippen LogP contribution >= 0.6 is 0 Å². The van der Waals surface area contributed by atoms with E-state index in [0.717, 1.165) is 17.8 Å². The first kappa shape index (κ1) is 11.9. The van der Waals surface area contributed by atoms with Gasteiger partial charge in [0.1, 0.15) is 0 Å². The van der Waals surface area contributed by atoms with E-state index in [0.29, 0.717) is 0 Å². The Labute approximate surface area is 93.1 Å². The third kappa shape index (κ3) is 3.46. The summed E-state index contributed by atoms with van der Waals surface area (Å²) in [6, 6.07) is 6.28. The summed E-state index contributed by atoms with van der Waals surface area (Å²) >= 11 is 0. The molecule has 0 aliphatic carbocycles. The quantitative estimate of drug-likeness (QED) is 0.592. The highest BCUT2D eigenvalue weighted by atomic mass is 15.1. The topological polar surface area (TPSA) is 29.3 Å². The van der Waals surface area contributed by atoms with E-state index in [4.69, 9.17) is 5.73 Å². The molecule has 2 nitrogen and oxygen atoms in total. The van der Waals surface area contributed by atoms with Gasteiger partial charge < -0.3 is 10.6 Å². The molecule has 0 spiro atoms. The number of hydrogen-bond acceptors (Lipinski definition) is 2. The SMILES string of the molecule is CCCCCN(C)c1ccc(C)c(N)c1. The van der Waals surface area contributed by atoms with Crippen LogP contribution in [0.2, 0.25) is 0 Å². The lowest BCUT2D eigenvalue weighted by molar-refractivity contribution is 0.705. The third-order valence-electron chi connectivity index (χ3n) is 2.80. The number of anilines is 2. The summed E-state index contributed by atoms with van der Waals surface area (Å²) in [6.45, 7) is 5.37. The lowest BCUT2D eigenvalue weighted by Crippen LogP contribution is -2.18. The van der Waals surface area contributed by atoms with Crippen molar-refractivity contribution >= 4 is 11.4 Å². The number of nitrogen functional groups attached to an aromatic ring is 1. The molecule has 0 fully saturated rings. The van der Waals surface area contributed by atoms with E-state index in [9.17, 15) is 0 Å². The van der Waals surface area contributed by atoms with Gasteiger partial charge in [-0.2, -0.15) is 0 Å². The van der Waals surface area contributed by atoms with Crippen LogP contribution in [0.5, 0.6) is 0 Å². The molecule has 0 bridgehead atoms. The summed E-state index contributed by atoms with van der Waals surface area (Å²) in [7, 11) is 2.12.